The van der Waals surface area contributed by atoms with E-state index in [0.29, 0.717) is 17.5 Å². The second-order valence-electron chi connectivity index (χ2n) is 8.35. The molecule has 0 aliphatic heterocycles. The average molecular weight is 428 g/mol. The first-order chi connectivity index (χ1) is 14.2. The van der Waals surface area contributed by atoms with Crippen LogP contribution in [0.4, 0.5) is 5.00 Å². The van der Waals surface area contributed by atoms with E-state index in [2.05, 4.69) is 26.2 Å². The molecule has 1 atom stereocenters. The zero-order valence-corrected chi connectivity index (χ0v) is 18.2. The van der Waals surface area contributed by atoms with Crippen molar-refractivity contribution in [1.82, 2.24) is 14.8 Å². The van der Waals surface area contributed by atoms with Crippen LogP contribution >= 0.6 is 23.1 Å². The maximum absolute atomic E-state index is 12.9. The van der Waals surface area contributed by atoms with Crippen LogP contribution < -0.4 is 5.32 Å². The molecule has 0 bridgehead atoms. The van der Waals surface area contributed by atoms with Crippen molar-refractivity contribution in [2.45, 2.75) is 87.1 Å². The minimum Gasteiger partial charge on any atom is -0.316 e. The predicted octanol–water partition coefficient (Wildman–Crippen LogP) is 4.81. The van der Waals surface area contributed by atoms with E-state index in [9.17, 15) is 10.1 Å². The van der Waals surface area contributed by atoms with Crippen LogP contribution in [0.3, 0.4) is 0 Å². The van der Waals surface area contributed by atoms with E-state index in [-0.39, 0.29) is 11.2 Å². The largest absolute Gasteiger partial charge is 0.316 e. The van der Waals surface area contributed by atoms with E-state index >= 15 is 0 Å². The van der Waals surface area contributed by atoms with Gasteiger partial charge in [0.05, 0.1) is 10.8 Å². The molecule has 0 saturated heterocycles. The van der Waals surface area contributed by atoms with Gasteiger partial charge in [-0.1, -0.05) is 18.2 Å². The lowest BCUT2D eigenvalue weighted by Gasteiger charge is -2.13. The normalized spacial score (nSPS) is 19.9. The summed E-state index contributed by atoms with van der Waals surface area (Å²) in [5.41, 5.74) is 1.84. The quantitative estimate of drug-likeness (QED) is 0.528. The van der Waals surface area contributed by atoms with Gasteiger partial charge in [-0.2, -0.15) is 5.26 Å². The van der Waals surface area contributed by atoms with Crippen LogP contribution in [0.15, 0.2) is 5.16 Å². The molecule has 2 heterocycles. The number of nitrogens with one attached hydrogen (secondary N) is 1. The van der Waals surface area contributed by atoms with Gasteiger partial charge in [0.1, 0.15) is 16.9 Å². The van der Waals surface area contributed by atoms with Crippen LogP contribution in [0.1, 0.15) is 85.7 Å². The fourth-order valence-electron chi connectivity index (χ4n) is 4.04. The molecule has 1 unspecified atom stereocenters. The molecule has 5 rings (SSSR count). The van der Waals surface area contributed by atoms with Crippen molar-refractivity contribution in [3.8, 4) is 6.07 Å². The number of hydrogen-bond donors (Lipinski definition) is 1. The number of fused-ring (bicyclic) bond motifs is 1. The monoisotopic (exact) mass is 427 g/mol. The highest BCUT2D eigenvalue weighted by Crippen LogP contribution is 2.46. The second kappa shape index (κ2) is 7.77. The van der Waals surface area contributed by atoms with Crippen molar-refractivity contribution in [1.29, 1.82) is 5.26 Å². The highest BCUT2D eigenvalue weighted by molar-refractivity contribution is 8.00. The van der Waals surface area contributed by atoms with Gasteiger partial charge in [0.25, 0.3) is 0 Å². The maximum Gasteiger partial charge on any atom is 0.238 e. The predicted molar refractivity (Wildman–Crippen MR) is 115 cm³/mol. The maximum atomic E-state index is 12.9. The SMILES string of the molecule is CC(Sc1nnc(C2CC2)n1C1CC1)C(=O)Nc1sc2c(c1C#N)CCCCC2. The number of nitriles is 1. The number of carbonyl (C=O) groups excluding carboxylic acids is 1. The van der Waals surface area contributed by atoms with Crippen LogP contribution in [0.5, 0.6) is 0 Å². The number of thioether (sulfide) groups is 1. The second-order valence-corrected chi connectivity index (χ2v) is 10.8. The van der Waals surface area contributed by atoms with Crippen LogP contribution in [-0.4, -0.2) is 25.9 Å². The molecular weight excluding hydrogens is 402 g/mol. The number of carbonyl (C=O) groups is 1. The molecule has 29 heavy (non-hydrogen) atoms. The molecule has 1 N–H and O–H groups in total. The summed E-state index contributed by atoms with van der Waals surface area (Å²) in [6.45, 7) is 1.91. The summed E-state index contributed by atoms with van der Waals surface area (Å²) in [4.78, 5) is 14.2. The molecule has 152 valence electrons. The number of aryl methyl sites for hydroxylation is 1. The summed E-state index contributed by atoms with van der Waals surface area (Å²) in [7, 11) is 0. The van der Waals surface area contributed by atoms with Crippen LogP contribution in [-0.2, 0) is 17.6 Å². The number of amides is 1. The molecule has 3 aliphatic rings. The third-order valence-corrected chi connectivity index (χ3v) is 8.23. The first-order valence-electron chi connectivity index (χ1n) is 10.6. The van der Waals surface area contributed by atoms with Crippen LogP contribution in [0.25, 0.3) is 0 Å². The lowest BCUT2D eigenvalue weighted by molar-refractivity contribution is -0.115. The van der Waals surface area contributed by atoms with Crippen LogP contribution in [0.2, 0.25) is 0 Å². The first kappa shape index (κ1) is 19.1. The molecule has 0 aromatic carbocycles. The smallest absolute Gasteiger partial charge is 0.238 e. The fourth-order valence-corrected chi connectivity index (χ4v) is 6.21. The Bertz CT molecular complexity index is 980. The van der Waals surface area contributed by atoms with Crippen molar-refractivity contribution in [2.24, 2.45) is 0 Å². The number of rotatable bonds is 6. The third kappa shape index (κ3) is 3.82. The van der Waals surface area contributed by atoms with Gasteiger partial charge in [-0.05, 0) is 63.9 Å². The fraction of sp³-hybridized carbons (Fsp3) is 0.619. The molecule has 2 aromatic heterocycles. The molecule has 8 heteroatoms. The van der Waals surface area contributed by atoms with Crippen molar-refractivity contribution in [2.75, 3.05) is 5.32 Å². The molecular formula is C21H25N5OS2. The molecule has 0 radical (unpaired) electrons. The number of nitrogens with zero attached hydrogens (tertiary/aromatic N) is 4. The standard InChI is InChI=1S/C21H25N5OS2/c1-12(28-21-25-24-18(13-7-8-13)26(21)14-9-10-14)19(27)23-20-16(11-22)15-5-3-2-4-6-17(15)29-20/h12-14H,2-10H2,1H3,(H,23,27). The van der Waals surface area contributed by atoms with Gasteiger partial charge in [0.2, 0.25) is 5.91 Å². The van der Waals surface area contributed by atoms with E-state index in [1.807, 2.05) is 6.92 Å². The molecule has 2 fully saturated rings. The van der Waals surface area contributed by atoms with Gasteiger partial charge in [0, 0.05) is 16.8 Å². The summed E-state index contributed by atoms with van der Waals surface area (Å²) >= 11 is 3.07. The minimum absolute atomic E-state index is 0.0683. The van der Waals surface area contributed by atoms with E-state index < -0.39 is 0 Å². The van der Waals surface area contributed by atoms with E-state index in [0.717, 1.165) is 47.2 Å². The van der Waals surface area contributed by atoms with Crippen molar-refractivity contribution in [3.05, 3.63) is 21.8 Å². The first-order valence-corrected chi connectivity index (χ1v) is 12.3. The van der Waals surface area contributed by atoms with E-state index in [1.54, 1.807) is 11.3 Å². The molecule has 6 nitrogen and oxygen atoms in total. The van der Waals surface area contributed by atoms with Crippen molar-refractivity contribution < 1.29 is 4.79 Å². The Morgan fingerprint density at radius 1 is 1.24 bits per heavy atom. The highest BCUT2D eigenvalue weighted by Gasteiger charge is 2.37. The zero-order valence-electron chi connectivity index (χ0n) is 16.6. The van der Waals surface area contributed by atoms with Crippen LogP contribution in [0, 0.1) is 11.3 Å². The Morgan fingerprint density at radius 2 is 2.03 bits per heavy atom. The number of aromatic nitrogens is 3. The lowest BCUT2D eigenvalue weighted by Crippen LogP contribution is -2.23. The highest BCUT2D eigenvalue weighted by atomic mass is 32.2. The third-order valence-electron chi connectivity index (χ3n) is 5.97. The van der Waals surface area contributed by atoms with E-state index in [4.69, 9.17) is 0 Å². The molecule has 2 aromatic rings. The number of anilines is 1. The van der Waals surface area contributed by atoms with Gasteiger partial charge in [-0.25, -0.2) is 0 Å². The summed E-state index contributed by atoms with van der Waals surface area (Å²) < 4.78 is 2.28. The molecule has 2 saturated carbocycles. The van der Waals surface area contributed by atoms with Crippen molar-refractivity contribution >= 4 is 34.0 Å². The van der Waals surface area contributed by atoms with Gasteiger partial charge in [-0.15, -0.1) is 21.5 Å². The molecule has 1 amide bonds. The number of thiophene rings is 1. The Labute approximate surface area is 179 Å². The van der Waals surface area contributed by atoms with Gasteiger partial charge >= 0.3 is 0 Å². The summed E-state index contributed by atoms with van der Waals surface area (Å²) in [5.74, 6) is 1.60. The number of hydrogen-bond acceptors (Lipinski definition) is 6. The zero-order chi connectivity index (χ0) is 20.0. The topological polar surface area (TPSA) is 83.6 Å². The average Bonchev–Trinajstić information content (AvgIpc) is 3.63. The van der Waals surface area contributed by atoms with Crippen molar-refractivity contribution in [3.63, 3.8) is 0 Å². The Hall–Kier alpha value is -1.85. The molecule has 3 aliphatic carbocycles. The Morgan fingerprint density at radius 3 is 2.76 bits per heavy atom. The van der Waals surface area contributed by atoms with Gasteiger partial charge in [0.15, 0.2) is 5.16 Å². The summed E-state index contributed by atoms with van der Waals surface area (Å²) in [6, 6.07) is 2.85. The minimum atomic E-state index is -0.294. The summed E-state index contributed by atoms with van der Waals surface area (Å²) in [6.07, 6.45) is 10.2. The van der Waals surface area contributed by atoms with Gasteiger partial charge < -0.3 is 9.88 Å². The Kier molecular flexibility index (Phi) is 5.12. The lowest BCUT2D eigenvalue weighted by atomic mass is 10.1. The molecule has 0 spiro atoms. The Balaban J connectivity index is 1.31. The van der Waals surface area contributed by atoms with E-state index in [1.165, 1.54) is 48.7 Å². The van der Waals surface area contributed by atoms with Gasteiger partial charge in [-0.3, -0.25) is 4.79 Å². The summed E-state index contributed by atoms with van der Waals surface area (Å²) in [5, 5.41) is 22.9.